The second-order valence-corrected chi connectivity index (χ2v) is 6.20. The van der Waals surface area contributed by atoms with E-state index in [9.17, 15) is 45.7 Å². The zero-order valence-corrected chi connectivity index (χ0v) is 19.1. The van der Waals surface area contributed by atoms with E-state index < -0.39 is 44.8 Å². The quantitative estimate of drug-likeness (QED) is 0.0736. The number of carbonyl (C=O) groups is 2. The molecule has 0 aromatic rings. The van der Waals surface area contributed by atoms with Crippen LogP contribution in [0.1, 0.15) is 25.7 Å². The average molecular weight is 514 g/mol. The van der Waals surface area contributed by atoms with Crippen molar-refractivity contribution in [1.82, 2.24) is 24.6 Å². The van der Waals surface area contributed by atoms with Gasteiger partial charge in [0.15, 0.2) is 12.1 Å². The number of hydrogen-bond donors (Lipinski definition) is 4. The van der Waals surface area contributed by atoms with E-state index in [4.69, 9.17) is 10.5 Å². The molecule has 0 saturated carbocycles. The van der Waals surface area contributed by atoms with Gasteiger partial charge >= 0.3 is 0 Å². The zero-order valence-electron chi connectivity index (χ0n) is 17.5. The molecule has 0 bridgehead atoms. The maximum Gasteiger partial charge on any atom is 0.246 e. The summed E-state index contributed by atoms with van der Waals surface area (Å²) in [5.41, 5.74) is 0. The third-order valence-electron chi connectivity index (χ3n) is 2.08. The smallest absolute Gasteiger partial charge is 0.246 e. The molecule has 20 nitrogen and oxygen atoms in total. The summed E-state index contributed by atoms with van der Waals surface area (Å²) in [6.07, 6.45) is -0.817. The molecule has 0 spiro atoms. The van der Waals surface area contributed by atoms with Crippen LogP contribution in [-0.2, 0) is 39.1 Å². The summed E-state index contributed by atoms with van der Waals surface area (Å²) in [4.78, 5) is 20.3. The predicted molar refractivity (Wildman–Crippen MR) is 97.6 cm³/mol. The van der Waals surface area contributed by atoms with Crippen molar-refractivity contribution >= 4 is 32.7 Å². The van der Waals surface area contributed by atoms with Crippen LogP contribution in [-0.4, -0.2) is 50.0 Å². The van der Waals surface area contributed by atoms with Gasteiger partial charge in [-0.1, -0.05) is 0 Å². The average Bonchev–Trinajstić information content (AvgIpc) is 2.54. The highest BCUT2D eigenvalue weighted by Crippen LogP contribution is 2.06. The predicted octanol–water partition coefficient (Wildman–Crippen LogP) is -2.36. The minimum absolute atomic E-state index is 0. The number of nitrogens with zero attached hydrogens (tertiary/aromatic N) is 4. The molecule has 0 saturated heterocycles. The molecule has 0 fully saturated rings. The van der Waals surface area contributed by atoms with Gasteiger partial charge in [0.25, 0.3) is 0 Å². The first-order valence-corrected chi connectivity index (χ1v) is 9.25. The number of quaternary nitrogens is 4. The fourth-order valence-electron chi connectivity index (χ4n) is 1.03. The highest BCUT2D eigenvalue weighted by Gasteiger charge is 2.09. The van der Waals surface area contributed by atoms with Crippen molar-refractivity contribution in [2.75, 3.05) is 0 Å². The Balaban J connectivity index is -0.000000106. The molecule has 16 N–H and O–H groups in total. The topological polar surface area (TPSA) is 431 Å². The van der Waals surface area contributed by atoms with Crippen molar-refractivity contribution in [1.29, 1.82) is 10.5 Å². The van der Waals surface area contributed by atoms with Crippen LogP contribution in [0.15, 0.2) is 10.2 Å². The summed E-state index contributed by atoms with van der Waals surface area (Å²) < 4.78 is 61.5. The van der Waals surface area contributed by atoms with Crippen molar-refractivity contribution in [3.63, 3.8) is 0 Å². The number of carboxylic acid groups (broad SMARTS) is 2. The van der Waals surface area contributed by atoms with Gasteiger partial charge in [-0.05, 0) is 25.7 Å². The largest absolute Gasteiger partial charge is 0.724 e. The molecule has 0 rings (SSSR count). The fourth-order valence-corrected chi connectivity index (χ4v) is 1.58. The Morgan fingerprint density at radius 3 is 1.16 bits per heavy atom. The number of azo groups is 1. The normalized spacial score (nSPS) is 11.8. The third-order valence-corrected chi connectivity index (χ3v) is 2.64. The van der Waals surface area contributed by atoms with Crippen molar-refractivity contribution in [2.24, 2.45) is 10.2 Å². The summed E-state index contributed by atoms with van der Waals surface area (Å²) >= 11 is 0. The van der Waals surface area contributed by atoms with Crippen LogP contribution in [0.2, 0.25) is 0 Å². The van der Waals surface area contributed by atoms with Crippen LogP contribution in [0.25, 0.3) is 0 Å². The Hall–Kier alpha value is -2.90. The van der Waals surface area contributed by atoms with Crippen LogP contribution < -0.4 is 34.8 Å². The van der Waals surface area contributed by atoms with Gasteiger partial charge in [-0.3, -0.25) is 0 Å². The van der Waals surface area contributed by atoms with Gasteiger partial charge in [-0.2, -0.15) is 20.8 Å². The molecule has 0 aliphatic carbocycles. The molecule has 0 aromatic carbocycles. The Bertz CT molecular complexity index is 778. The van der Waals surface area contributed by atoms with Gasteiger partial charge in [-0.15, -0.1) is 8.67 Å². The molecule has 0 heterocycles. The molecule has 0 aliphatic heterocycles. The molecule has 0 aliphatic rings. The molecule has 2 unspecified atom stereocenters. The molecular formula is C10H26N8O12S2. The maximum absolute atomic E-state index is 10.2. The monoisotopic (exact) mass is 514 g/mol. The van der Waals surface area contributed by atoms with Crippen LogP contribution in [0.5, 0.6) is 0 Å². The van der Waals surface area contributed by atoms with E-state index in [0.29, 0.717) is 0 Å². The van der Waals surface area contributed by atoms with Gasteiger partial charge in [0, 0.05) is 11.9 Å². The highest BCUT2D eigenvalue weighted by atomic mass is 32.3. The Morgan fingerprint density at radius 2 is 1.00 bits per heavy atom. The van der Waals surface area contributed by atoms with Crippen molar-refractivity contribution in [2.45, 2.75) is 37.8 Å². The SMILES string of the molecule is N#CC(CCC(=O)[O-])N=NC(C#N)CCC(=O)[O-].O=S(=O)([O-])OOS(=O)(=O)[O-].[NH4+].[NH4+].[NH4+].[NH4+]. The fraction of sp³-hybridized carbons (Fsp3) is 0.600. The Kier molecular flexibility index (Phi) is 28.7. The summed E-state index contributed by atoms with van der Waals surface area (Å²) in [6, 6.07) is 1.46. The van der Waals surface area contributed by atoms with E-state index in [1.807, 2.05) is 0 Å². The standard InChI is InChI=1S/C10H12N4O4.4H3N.H2O8S2/c11-5-7(1-3-9(15)16)13-14-8(6-12)2-4-10(17)18;;;;;1-9(2,3)7-8-10(4,5)6/h7-8H,1-4H2,(H,15,16)(H,17,18);4*1H3;(H,1,2,3)(H,4,5,6). The minimum Gasteiger partial charge on any atom is -0.724 e. The highest BCUT2D eigenvalue weighted by molar-refractivity contribution is 7.83. The molecule has 22 heteroatoms. The van der Waals surface area contributed by atoms with E-state index in [2.05, 4.69) is 18.9 Å². The molecule has 0 aromatic heterocycles. The molecular weight excluding hydrogens is 488 g/mol. The second-order valence-electron chi connectivity index (χ2n) is 4.29. The lowest BCUT2D eigenvalue weighted by Gasteiger charge is -2.07. The number of nitriles is 2. The first kappa shape index (κ1) is 43.1. The van der Waals surface area contributed by atoms with Crippen LogP contribution >= 0.6 is 0 Å². The summed E-state index contributed by atoms with van der Waals surface area (Å²) in [5.74, 6) is -2.61. The van der Waals surface area contributed by atoms with Crippen LogP contribution in [0.4, 0.5) is 0 Å². The number of aliphatic carboxylic acids is 2. The van der Waals surface area contributed by atoms with Crippen LogP contribution in [0, 0.1) is 22.7 Å². The number of hydrogen-bond acceptors (Lipinski definition) is 16. The molecule has 2 atom stereocenters. The maximum atomic E-state index is 10.2. The van der Waals surface area contributed by atoms with Crippen molar-refractivity contribution in [3.8, 4) is 12.1 Å². The van der Waals surface area contributed by atoms with Crippen LogP contribution in [0.3, 0.4) is 0 Å². The first-order valence-electron chi connectivity index (χ1n) is 6.58. The Morgan fingerprint density at radius 1 is 0.750 bits per heavy atom. The van der Waals surface area contributed by atoms with E-state index in [0.717, 1.165) is 0 Å². The molecule has 32 heavy (non-hydrogen) atoms. The first-order chi connectivity index (χ1) is 12.7. The molecule has 190 valence electrons. The lowest BCUT2D eigenvalue weighted by atomic mass is 10.2. The molecule has 0 radical (unpaired) electrons. The van der Waals surface area contributed by atoms with Gasteiger partial charge in [0.2, 0.25) is 20.8 Å². The number of rotatable bonds is 11. The number of carboxylic acids is 2. The second kappa shape index (κ2) is 21.3. The van der Waals surface area contributed by atoms with E-state index in [1.54, 1.807) is 12.1 Å². The summed E-state index contributed by atoms with van der Waals surface area (Å²) in [6.45, 7) is 0. The lowest BCUT2D eigenvalue weighted by molar-refractivity contribution is -0.307. The lowest BCUT2D eigenvalue weighted by Crippen LogP contribution is -2.23. The van der Waals surface area contributed by atoms with E-state index in [1.165, 1.54) is 0 Å². The van der Waals surface area contributed by atoms with Gasteiger partial charge in [0.1, 0.15) is 0 Å². The van der Waals surface area contributed by atoms with Crippen molar-refractivity contribution < 1.29 is 54.4 Å². The van der Waals surface area contributed by atoms with E-state index >= 15 is 0 Å². The Labute approximate surface area is 183 Å². The van der Waals surface area contributed by atoms with E-state index in [-0.39, 0.29) is 50.3 Å². The van der Waals surface area contributed by atoms with Crippen molar-refractivity contribution in [3.05, 3.63) is 0 Å². The zero-order chi connectivity index (χ0) is 22.4. The minimum atomic E-state index is -5.31. The van der Waals surface area contributed by atoms with Gasteiger partial charge in [0.05, 0.1) is 12.1 Å². The third kappa shape index (κ3) is 34.6. The summed E-state index contributed by atoms with van der Waals surface area (Å²) in [7, 11) is -10.6. The molecule has 0 amide bonds. The number of carbonyl (C=O) groups excluding carboxylic acids is 2. The van der Waals surface area contributed by atoms with Gasteiger partial charge < -0.3 is 53.5 Å². The summed E-state index contributed by atoms with van der Waals surface area (Å²) in [5, 5.41) is 44.6. The van der Waals surface area contributed by atoms with Gasteiger partial charge in [-0.25, -0.2) is 16.8 Å².